The lowest BCUT2D eigenvalue weighted by Crippen LogP contribution is -2.48. The molecule has 1 N–H and O–H groups in total. The second-order valence-corrected chi connectivity index (χ2v) is 6.55. The summed E-state index contributed by atoms with van der Waals surface area (Å²) in [5, 5.41) is 3.65. The number of ether oxygens (including phenoxy) is 1. The fraction of sp³-hybridized carbons (Fsp3) is 0.625. The first-order valence-corrected chi connectivity index (χ1v) is 8.23. The molecule has 5 nitrogen and oxygen atoms in total. The summed E-state index contributed by atoms with van der Waals surface area (Å²) < 4.78 is 5.45. The molecule has 1 unspecified atom stereocenters. The van der Waals surface area contributed by atoms with E-state index in [9.17, 15) is 4.79 Å². The zero-order valence-corrected chi connectivity index (χ0v) is 13.6. The maximum atomic E-state index is 12.4. The number of pyridine rings is 1. The number of nitrogens with one attached hydrogen (secondary N) is 1. The smallest absolute Gasteiger partial charge is 0.253 e. The lowest BCUT2D eigenvalue weighted by atomic mass is 10.1. The van der Waals surface area contributed by atoms with Crippen LogP contribution in [-0.4, -0.2) is 54.2 Å². The number of carbonyl (C=O) groups excluding carboxylic acids is 1. The van der Waals surface area contributed by atoms with E-state index in [1.165, 1.54) is 6.20 Å². The van der Waals surface area contributed by atoms with E-state index in [4.69, 9.17) is 16.3 Å². The minimum atomic E-state index is -0.0885. The monoisotopic (exact) mass is 323 g/mol. The summed E-state index contributed by atoms with van der Waals surface area (Å²) in [6.07, 6.45) is 7.81. The van der Waals surface area contributed by atoms with Crippen molar-refractivity contribution < 1.29 is 9.53 Å². The van der Waals surface area contributed by atoms with Gasteiger partial charge in [-0.05, 0) is 31.7 Å². The molecule has 120 valence electrons. The third-order valence-electron chi connectivity index (χ3n) is 4.74. The molecule has 1 aromatic heterocycles. The Morgan fingerprint density at radius 1 is 1.41 bits per heavy atom. The van der Waals surface area contributed by atoms with Gasteiger partial charge in [0.2, 0.25) is 0 Å². The molecule has 0 spiro atoms. The van der Waals surface area contributed by atoms with Crippen molar-refractivity contribution in [2.75, 3.05) is 20.2 Å². The van der Waals surface area contributed by atoms with Crippen LogP contribution in [0, 0.1) is 0 Å². The van der Waals surface area contributed by atoms with Gasteiger partial charge >= 0.3 is 0 Å². The Labute approximate surface area is 136 Å². The van der Waals surface area contributed by atoms with Gasteiger partial charge in [0.25, 0.3) is 5.91 Å². The van der Waals surface area contributed by atoms with Crippen LogP contribution in [0.2, 0.25) is 5.02 Å². The predicted octanol–water partition coefficient (Wildman–Crippen LogP) is 2.11. The molecule has 22 heavy (non-hydrogen) atoms. The molecular weight excluding hydrogens is 302 g/mol. The normalized spacial score (nSPS) is 28.9. The highest BCUT2D eigenvalue weighted by atomic mass is 35.5. The summed E-state index contributed by atoms with van der Waals surface area (Å²) in [6, 6.07) is 2.27. The van der Waals surface area contributed by atoms with Gasteiger partial charge in [-0.2, -0.15) is 0 Å². The zero-order chi connectivity index (χ0) is 15.5. The van der Waals surface area contributed by atoms with Gasteiger partial charge in [0.1, 0.15) is 0 Å². The lowest BCUT2D eigenvalue weighted by molar-refractivity contribution is 0.0872. The number of hydrogen-bond acceptors (Lipinski definition) is 4. The maximum absolute atomic E-state index is 12.4. The minimum Gasteiger partial charge on any atom is -0.380 e. The highest BCUT2D eigenvalue weighted by Gasteiger charge is 2.36. The van der Waals surface area contributed by atoms with Gasteiger partial charge in [0, 0.05) is 44.7 Å². The fourth-order valence-electron chi connectivity index (χ4n) is 3.58. The van der Waals surface area contributed by atoms with E-state index in [2.05, 4.69) is 15.2 Å². The minimum absolute atomic E-state index is 0.0885. The molecule has 1 amide bonds. The number of likely N-dealkylation sites (tertiary alicyclic amines) is 1. The van der Waals surface area contributed by atoms with Crippen molar-refractivity contribution in [3.8, 4) is 0 Å². The van der Waals surface area contributed by atoms with Crippen LogP contribution in [0.25, 0.3) is 0 Å². The van der Waals surface area contributed by atoms with Crippen LogP contribution in [0.3, 0.4) is 0 Å². The fourth-order valence-corrected chi connectivity index (χ4v) is 3.76. The molecule has 6 heteroatoms. The number of methoxy groups -OCH3 is 1. The van der Waals surface area contributed by atoms with Crippen molar-refractivity contribution >= 4 is 17.5 Å². The van der Waals surface area contributed by atoms with E-state index < -0.39 is 0 Å². The zero-order valence-electron chi connectivity index (χ0n) is 12.8. The Kier molecular flexibility index (Phi) is 4.96. The van der Waals surface area contributed by atoms with Gasteiger partial charge < -0.3 is 10.1 Å². The summed E-state index contributed by atoms with van der Waals surface area (Å²) in [5.41, 5.74) is 0.523. The van der Waals surface area contributed by atoms with Crippen molar-refractivity contribution in [2.24, 2.45) is 0 Å². The van der Waals surface area contributed by atoms with Gasteiger partial charge in [0.15, 0.2) is 0 Å². The standard InChI is InChI=1S/C16H22ClN3O2/c1-22-13-5-6-20(10-13)15-4-2-3-14(15)19-16(21)11-7-12(17)9-18-8-11/h7-9,13-15H,2-6,10H2,1H3,(H,19,21)/t13?,14-,15+/m1/s1. The molecular formula is C16H22ClN3O2. The third kappa shape index (κ3) is 3.42. The van der Waals surface area contributed by atoms with Crippen LogP contribution < -0.4 is 5.32 Å². The number of nitrogens with zero attached hydrogens (tertiary/aromatic N) is 2. The summed E-state index contributed by atoms with van der Waals surface area (Å²) in [6.45, 7) is 2.01. The molecule has 0 radical (unpaired) electrons. The molecule has 1 aliphatic heterocycles. The van der Waals surface area contributed by atoms with Crippen LogP contribution >= 0.6 is 11.6 Å². The van der Waals surface area contributed by atoms with Crippen molar-refractivity contribution in [3.05, 3.63) is 29.0 Å². The summed E-state index contributed by atoms with van der Waals surface area (Å²) in [5.74, 6) is -0.0885. The van der Waals surface area contributed by atoms with Gasteiger partial charge in [0.05, 0.1) is 16.7 Å². The van der Waals surface area contributed by atoms with Crippen LogP contribution in [0.15, 0.2) is 18.5 Å². The maximum Gasteiger partial charge on any atom is 0.253 e. The van der Waals surface area contributed by atoms with Crippen LogP contribution in [-0.2, 0) is 4.74 Å². The first-order chi connectivity index (χ1) is 10.7. The van der Waals surface area contributed by atoms with E-state index in [1.807, 2.05) is 0 Å². The molecule has 1 saturated heterocycles. The summed E-state index contributed by atoms with van der Waals surface area (Å²) in [4.78, 5) is 18.8. The molecule has 3 atom stereocenters. The van der Waals surface area contributed by atoms with Crippen LogP contribution in [0.5, 0.6) is 0 Å². The molecule has 1 aromatic rings. The molecule has 0 bridgehead atoms. The van der Waals surface area contributed by atoms with Crippen molar-refractivity contribution in [1.29, 1.82) is 0 Å². The van der Waals surface area contributed by atoms with E-state index in [0.29, 0.717) is 22.7 Å². The summed E-state index contributed by atoms with van der Waals surface area (Å²) in [7, 11) is 1.77. The average Bonchev–Trinajstić information content (AvgIpc) is 3.15. The van der Waals surface area contributed by atoms with Crippen LogP contribution in [0.1, 0.15) is 36.0 Å². The van der Waals surface area contributed by atoms with E-state index in [0.717, 1.165) is 38.8 Å². The number of rotatable bonds is 4. The lowest BCUT2D eigenvalue weighted by Gasteiger charge is -2.30. The van der Waals surface area contributed by atoms with Gasteiger partial charge in [-0.25, -0.2) is 0 Å². The molecule has 1 saturated carbocycles. The molecule has 0 aromatic carbocycles. The number of hydrogen-bond donors (Lipinski definition) is 1. The van der Waals surface area contributed by atoms with Crippen molar-refractivity contribution in [1.82, 2.24) is 15.2 Å². The Bertz CT molecular complexity index is 540. The second kappa shape index (κ2) is 6.94. The third-order valence-corrected chi connectivity index (χ3v) is 4.95. The van der Waals surface area contributed by atoms with Gasteiger partial charge in [-0.1, -0.05) is 11.6 Å². The Balaban J connectivity index is 1.63. The molecule has 2 fully saturated rings. The Morgan fingerprint density at radius 2 is 2.27 bits per heavy atom. The first-order valence-electron chi connectivity index (χ1n) is 7.85. The number of carbonyl (C=O) groups is 1. The Morgan fingerprint density at radius 3 is 3.00 bits per heavy atom. The van der Waals surface area contributed by atoms with Crippen molar-refractivity contribution in [2.45, 2.75) is 43.9 Å². The molecule has 2 heterocycles. The quantitative estimate of drug-likeness (QED) is 0.922. The van der Waals surface area contributed by atoms with Gasteiger partial charge in [-0.3, -0.25) is 14.7 Å². The summed E-state index contributed by atoms with van der Waals surface area (Å²) >= 11 is 5.91. The topological polar surface area (TPSA) is 54.5 Å². The second-order valence-electron chi connectivity index (χ2n) is 6.11. The largest absolute Gasteiger partial charge is 0.380 e. The van der Waals surface area contributed by atoms with Crippen LogP contribution in [0.4, 0.5) is 0 Å². The highest BCUT2D eigenvalue weighted by Crippen LogP contribution is 2.28. The molecule has 1 aliphatic carbocycles. The number of amides is 1. The van der Waals surface area contributed by atoms with Gasteiger partial charge in [-0.15, -0.1) is 0 Å². The van der Waals surface area contributed by atoms with E-state index in [-0.39, 0.29) is 11.9 Å². The first kappa shape index (κ1) is 15.7. The van der Waals surface area contributed by atoms with E-state index in [1.54, 1.807) is 19.4 Å². The average molecular weight is 324 g/mol. The SMILES string of the molecule is COC1CCN([C@H]2CCC[C@H]2NC(=O)c2cncc(Cl)c2)C1. The van der Waals surface area contributed by atoms with E-state index >= 15 is 0 Å². The predicted molar refractivity (Wildman–Crippen MR) is 85.1 cm³/mol. The Hall–Kier alpha value is -1.17. The molecule has 2 aliphatic rings. The highest BCUT2D eigenvalue weighted by molar-refractivity contribution is 6.30. The number of halogens is 1. The van der Waals surface area contributed by atoms with Crippen molar-refractivity contribution in [3.63, 3.8) is 0 Å². The molecule has 3 rings (SSSR count). The number of aromatic nitrogens is 1.